The van der Waals surface area contributed by atoms with Crippen LogP contribution in [0.5, 0.6) is 5.75 Å². The lowest BCUT2D eigenvalue weighted by molar-refractivity contribution is 0.0606. The Bertz CT molecular complexity index is 736. The first kappa shape index (κ1) is 16.4. The van der Waals surface area contributed by atoms with Gasteiger partial charge in [-0.15, -0.1) is 0 Å². The fraction of sp³-hybridized carbons (Fsp3) is 0.333. The van der Waals surface area contributed by atoms with E-state index in [1.807, 2.05) is 12.1 Å². The van der Waals surface area contributed by atoms with E-state index in [4.69, 9.17) is 32.7 Å². The molecule has 122 valence electrons. The van der Waals surface area contributed by atoms with Crippen molar-refractivity contribution in [1.82, 2.24) is 4.98 Å². The zero-order valence-electron chi connectivity index (χ0n) is 12.3. The minimum atomic E-state index is -0.492. The number of anilines is 1. The second-order valence-electron chi connectivity index (χ2n) is 4.98. The van der Waals surface area contributed by atoms with Gasteiger partial charge in [-0.3, -0.25) is 0 Å². The number of fused-ring (bicyclic) bond motifs is 1. The van der Waals surface area contributed by atoms with Crippen molar-refractivity contribution in [2.45, 2.75) is 18.9 Å². The minimum absolute atomic E-state index is 0.0149. The van der Waals surface area contributed by atoms with Crippen LogP contribution >= 0.6 is 34.5 Å². The number of carbonyl (C=O) groups is 1. The number of nitrogens with zero attached hydrogens (tertiary/aromatic N) is 1. The van der Waals surface area contributed by atoms with E-state index < -0.39 is 5.97 Å². The van der Waals surface area contributed by atoms with E-state index in [1.54, 1.807) is 6.07 Å². The van der Waals surface area contributed by atoms with Crippen molar-refractivity contribution in [3.05, 3.63) is 38.8 Å². The molecule has 0 amide bonds. The van der Waals surface area contributed by atoms with Gasteiger partial charge in [0.15, 0.2) is 15.2 Å². The number of hydrogen-bond acceptors (Lipinski definition) is 6. The molecule has 3 rings (SSSR count). The summed E-state index contributed by atoms with van der Waals surface area (Å²) in [5.41, 5.74) is 0.973. The number of aromatic nitrogens is 1. The zero-order valence-corrected chi connectivity index (χ0v) is 14.6. The molecule has 1 aromatic carbocycles. The van der Waals surface area contributed by atoms with Crippen LogP contribution in [-0.4, -0.2) is 24.7 Å². The Morgan fingerprint density at radius 3 is 3.09 bits per heavy atom. The number of nitrogens with one attached hydrogen (secondary N) is 1. The molecule has 23 heavy (non-hydrogen) atoms. The van der Waals surface area contributed by atoms with Gasteiger partial charge in [-0.25, -0.2) is 9.78 Å². The van der Waals surface area contributed by atoms with Gasteiger partial charge in [-0.05, 0) is 18.9 Å². The number of methoxy groups -OCH3 is 1. The lowest BCUT2D eigenvalue weighted by atomic mass is 10.0. The molecule has 0 radical (unpaired) electrons. The average molecular weight is 373 g/mol. The van der Waals surface area contributed by atoms with Crippen molar-refractivity contribution in [3.63, 3.8) is 0 Å². The molecule has 0 saturated heterocycles. The van der Waals surface area contributed by atoms with E-state index in [-0.39, 0.29) is 16.1 Å². The highest BCUT2D eigenvalue weighted by molar-refractivity contribution is 7.18. The normalized spacial score (nSPS) is 16.9. The molecular formula is C15H14Cl2N2O3S. The Labute approximate surface area is 147 Å². The van der Waals surface area contributed by atoms with Crippen LogP contribution in [0.1, 0.15) is 34.1 Å². The number of esters is 1. The summed E-state index contributed by atoms with van der Waals surface area (Å²) in [4.78, 5) is 16.1. The van der Waals surface area contributed by atoms with Crippen LogP contribution in [0.25, 0.3) is 0 Å². The Hall–Kier alpha value is -1.50. The van der Waals surface area contributed by atoms with Gasteiger partial charge in [0.1, 0.15) is 5.75 Å². The van der Waals surface area contributed by atoms with Gasteiger partial charge < -0.3 is 14.8 Å². The molecule has 2 aromatic rings. The molecule has 0 aliphatic carbocycles. The zero-order chi connectivity index (χ0) is 16.4. The summed E-state index contributed by atoms with van der Waals surface area (Å²) in [5.74, 6) is 0.202. The van der Waals surface area contributed by atoms with Crippen LogP contribution in [0.2, 0.25) is 10.2 Å². The number of carbonyl (C=O) groups excluding carboxylic acids is 1. The fourth-order valence-corrected chi connectivity index (χ4v) is 3.84. The molecule has 0 bridgehead atoms. The fourth-order valence-electron chi connectivity index (χ4n) is 2.45. The van der Waals surface area contributed by atoms with Crippen LogP contribution in [-0.2, 0) is 4.74 Å². The molecule has 0 fully saturated rings. The summed E-state index contributed by atoms with van der Waals surface area (Å²) in [6.07, 6.45) is 1.74. The van der Waals surface area contributed by atoms with E-state index >= 15 is 0 Å². The standard InChI is InChI=1S/C15H14Cl2N2O3S/c1-21-14(20)12-13(17)19-15(23-12)18-10-6-3-7-22-11-8(10)4-2-5-9(11)16/h2,4-5,10H,3,6-7H2,1H3,(H,18,19). The van der Waals surface area contributed by atoms with Crippen molar-refractivity contribution in [3.8, 4) is 5.75 Å². The molecule has 1 aliphatic heterocycles. The number of para-hydroxylation sites is 1. The number of rotatable bonds is 3. The molecule has 2 heterocycles. The number of thiazole rings is 1. The molecule has 5 nitrogen and oxygen atoms in total. The molecule has 1 atom stereocenters. The number of hydrogen-bond donors (Lipinski definition) is 1. The number of ether oxygens (including phenoxy) is 2. The van der Waals surface area contributed by atoms with Gasteiger partial charge in [-0.1, -0.05) is 46.7 Å². The SMILES string of the molecule is COC(=O)c1sc(NC2CCCOc3c(Cl)cccc32)nc1Cl. The predicted octanol–water partition coefficient (Wildman–Crippen LogP) is 4.56. The third-order valence-corrected chi connectivity index (χ3v) is 5.16. The summed E-state index contributed by atoms with van der Waals surface area (Å²) in [5, 5.41) is 4.61. The smallest absolute Gasteiger partial charge is 0.351 e. The topological polar surface area (TPSA) is 60.5 Å². The monoisotopic (exact) mass is 372 g/mol. The highest BCUT2D eigenvalue weighted by Crippen LogP contribution is 2.39. The molecule has 0 saturated carbocycles. The van der Waals surface area contributed by atoms with Gasteiger partial charge in [0.25, 0.3) is 0 Å². The molecule has 1 N–H and O–H groups in total. The highest BCUT2D eigenvalue weighted by Gasteiger charge is 2.24. The van der Waals surface area contributed by atoms with Crippen LogP contribution in [0.15, 0.2) is 18.2 Å². The summed E-state index contributed by atoms with van der Waals surface area (Å²) >= 11 is 13.4. The molecule has 8 heteroatoms. The average Bonchev–Trinajstić information content (AvgIpc) is 2.77. The number of halogens is 2. The van der Waals surface area contributed by atoms with Gasteiger partial charge >= 0.3 is 5.97 Å². The minimum Gasteiger partial charge on any atom is -0.492 e. The number of benzene rings is 1. The second-order valence-corrected chi connectivity index (χ2v) is 6.74. The van der Waals surface area contributed by atoms with Crippen LogP contribution in [0, 0.1) is 0 Å². The molecule has 1 aromatic heterocycles. The Kier molecular flexibility index (Phi) is 4.94. The second kappa shape index (κ2) is 6.95. The van der Waals surface area contributed by atoms with Crippen LogP contribution in [0.4, 0.5) is 5.13 Å². The molecular weight excluding hydrogens is 359 g/mol. The molecule has 0 spiro atoms. The van der Waals surface area contributed by atoms with Crippen molar-refractivity contribution < 1.29 is 14.3 Å². The van der Waals surface area contributed by atoms with Gasteiger partial charge in [0, 0.05) is 5.56 Å². The lowest BCUT2D eigenvalue weighted by Gasteiger charge is -2.18. The van der Waals surface area contributed by atoms with E-state index in [9.17, 15) is 4.79 Å². The van der Waals surface area contributed by atoms with Crippen molar-refractivity contribution in [1.29, 1.82) is 0 Å². The summed E-state index contributed by atoms with van der Waals surface area (Å²) < 4.78 is 10.4. The van der Waals surface area contributed by atoms with Crippen LogP contribution < -0.4 is 10.1 Å². The Balaban J connectivity index is 1.89. The third kappa shape index (κ3) is 3.39. The van der Waals surface area contributed by atoms with E-state index in [0.717, 1.165) is 18.4 Å². The first-order valence-corrected chi connectivity index (χ1v) is 8.59. The summed E-state index contributed by atoms with van der Waals surface area (Å²) in [6.45, 7) is 0.612. The summed E-state index contributed by atoms with van der Waals surface area (Å²) in [7, 11) is 1.31. The Morgan fingerprint density at radius 1 is 1.48 bits per heavy atom. The summed E-state index contributed by atoms with van der Waals surface area (Å²) in [6, 6.07) is 5.65. The largest absolute Gasteiger partial charge is 0.492 e. The Morgan fingerprint density at radius 2 is 2.30 bits per heavy atom. The highest BCUT2D eigenvalue weighted by atomic mass is 35.5. The third-order valence-electron chi connectivity index (χ3n) is 3.51. The van der Waals surface area contributed by atoms with Crippen molar-refractivity contribution >= 4 is 45.6 Å². The maximum Gasteiger partial charge on any atom is 0.351 e. The van der Waals surface area contributed by atoms with E-state index in [2.05, 4.69) is 10.3 Å². The van der Waals surface area contributed by atoms with Crippen molar-refractivity contribution in [2.24, 2.45) is 0 Å². The van der Waals surface area contributed by atoms with Gasteiger partial charge in [0.05, 0.1) is 24.8 Å². The first-order chi connectivity index (χ1) is 11.1. The van der Waals surface area contributed by atoms with Crippen molar-refractivity contribution in [2.75, 3.05) is 19.0 Å². The first-order valence-electron chi connectivity index (χ1n) is 7.02. The van der Waals surface area contributed by atoms with Gasteiger partial charge in [-0.2, -0.15) is 0 Å². The predicted molar refractivity (Wildman–Crippen MR) is 91.0 cm³/mol. The maximum atomic E-state index is 11.6. The van der Waals surface area contributed by atoms with Crippen LogP contribution in [0.3, 0.4) is 0 Å². The van der Waals surface area contributed by atoms with E-state index in [0.29, 0.717) is 22.5 Å². The molecule has 1 unspecified atom stereocenters. The quantitative estimate of drug-likeness (QED) is 0.799. The maximum absolute atomic E-state index is 11.6. The molecule has 1 aliphatic rings. The van der Waals surface area contributed by atoms with E-state index in [1.165, 1.54) is 18.4 Å². The van der Waals surface area contributed by atoms with Gasteiger partial charge in [0.2, 0.25) is 0 Å². The lowest BCUT2D eigenvalue weighted by Crippen LogP contribution is -2.10.